The van der Waals surface area contributed by atoms with E-state index in [-0.39, 0.29) is 11.1 Å². The van der Waals surface area contributed by atoms with E-state index in [0.29, 0.717) is 85.6 Å². The Morgan fingerprint density at radius 3 is 0.817 bits per heavy atom. The standard InChI is InChI=1S/C50H58O10/c1-7-25-53-41-31-43(55-27-9-3)47(44(32-41)56-28-10-4)49(51)59-39-21-17-37(18-22-39)35-13-15-36(16-14-35)38-19-23-40(24-20-38)60-50(52)48-45(57-29-11-5)33-42(54-26-8-2)34-46(48)58-30-12-6/h13-24,31-34H,7-12,25-30H2,1-6H3. The van der Waals surface area contributed by atoms with Gasteiger partial charge in [-0.3, -0.25) is 0 Å². The minimum Gasteiger partial charge on any atom is -0.493 e. The van der Waals surface area contributed by atoms with Gasteiger partial charge in [0.1, 0.15) is 57.1 Å². The maximum Gasteiger partial charge on any atom is 0.351 e. The van der Waals surface area contributed by atoms with E-state index in [1.165, 1.54) is 0 Å². The van der Waals surface area contributed by atoms with E-state index < -0.39 is 11.9 Å². The van der Waals surface area contributed by atoms with Gasteiger partial charge in [-0.1, -0.05) is 90.1 Å². The van der Waals surface area contributed by atoms with Gasteiger partial charge in [0.05, 0.1) is 39.6 Å². The fourth-order valence-electron chi connectivity index (χ4n) is 6.05. The monoisotopic (exact) mass is 818 g/mol. The largest absolute Gasteiger partial charge is 0.493 e. The zero-order chi connectivity index (χ0) is 42.7. The summed E-state index contributed by atoms with van der Waals surface area (Å²) in [6.45, 7) is 14.8. The number of esters is 2. The first-order valence-corrected chi connectivity index (χ1v) is 21.2. The molecule has 0 N–H and O–H groups in total. The van der Waals surface area contributed by atoms with E-state index >= 15 is 0 Å². The van der Waals surface area contributed by atoms with Gasteiger partial charge in [0.15, 0.2) is 0 Å². The molecular formula is C50H58O10. The molecule has 10 nitrogen and oxygen atoms in total. The van der Waals surface area contributed by atoms with Crippen molar-refractivity contribution in [2.45, 2.75) is 80.1 Å². The molecule has 60 heavy (non-hydrogen) atoms. The van der Waals surface area contributed by atoms with Crippen LogP contribution < -0.4 is 37.9 Å². The highest BCUT2D eigenvalue weighted by Gasteiger charge is 2.25. The molecule has 0 radical (unpaired) electrons. The molecule has 0 amide bonds. The molecule has 0 aliphatic rings. The van der Waals surface area contributed by atoms with Gasteiger partial charge >= 0.3 is 11.9 Å². The predicted molar refractivity (Wildman–Crippen MR) is 235 cm³/mol. The van der Waals surface area contributed by atoms with Gasteiger partial charge < -0.3 is 37.9 Å². The second kappa shape index (κ2) is 23.4. The third-order valence-electron chi connectivity index (χ3n) is 8.96. The Hall–Kier alpha value is -6.16. The van der Waals surface area contributed by atoms with Gasteiger partial charge in [0.25, 0.3) is 0 Å². The molecule has 0 fully saturated rings. The lowest BCUT2D eigenvalue weighted by Crippen LogP contribution is -2.14. The second-order valence-corrected chi connectivity index (χ2v) is 14.1. The van der Waals surface area contributed by atoms with Crippen molar-refractivity contribution in [1.29, 1.82) is 0 Å². The molecule has 5 aromatic carbocycles. The third kappa shape index (κ3) is 12.4. The van der Waals surface area contributed by atoms with Crippen LogP contribution in [0.25, 0.3) is 22.3 Å². The van der Waals surface area contributed by atoms with Crippen molar-refractivity contribution in [3.05, 3.63) is 108 Å². The van der Waals surface area contributed by atoms with Crippen molar-refractivity contribution < 1.29 is 47.5 Å². The van der Waals surface area contributed by atoms with Crippen LogP contribution in [-0.4, -0.2) is 51.6 Å². The fourth-order valence-corrected chi connectivity index (χ4v) is 6.05. The molecule has 0 saturated carbocycles. The molecule has 0 spiro atoms. The Morgan fingerprint density at radius 2 is 0.567 bits per heavy atom. The SMILES string of the molecule is CCCOc1cc(OCCC)c(C(=O)Oc2ccc(-c3ccc(-c4ccc(OC(=O)c5c(OCCC)cc(OCCC)cc5OCCC)cc4)cc3)cc2)c(OCCC)c1. The Bertz CT molecular complexity index is 1900. The van der Waals surface area contributed by atoms with Gasteiger partial charge in [-0.05, 0) is 85.0 Å². The summed E-state index contributed by atoms with van der Waals surface area (Å²) in [5.41, 5.74) is 4.34. The molecule has 5 rings (SSSR count). The van der Waals surface area contributed by atoms with Crippen LogP contribution >= 0.6 is 0 Å². The van der Waals surface area contributed by atoms with Crippen molar-refractivity contribution in [1.82, 2.24) is 0 Å². The summed E-state index contributed by atoms with van der Waals surface area (Å²) < 4.78 is 47.4. The highest BCUT2D eigenvalue weighted by Crippen LogP contribution is 2.38. The number of rotatable bonds is 24. The number of carbonyl (C=O) groups excluding carboxylic acids is 2. The lowest BCUT2D eigenvalue weighted by Gasteiger charge is -2.17. The van der Waals surface area contributed by atoms with Gasteiger partial charge in [0.2, 0.25) is 0 Å². The molecule has 0 saturated heterocycles. The average Bonchev–Trinajstić information content (AvgIpc) is 3.27. The van der Waals surface area contributed by atoms with Crippen LogP contribution in [0.3, 0.4) is 0 Å². The minimum absolute atomic E-state index is 0.229. The van der Waals surface area contributed by atoms with E-state index in [4.69, 9.17) is 37.9 Å². The average molecular weight is 819 g/mol. The molecule has 0 aromatic heterocycles. The summed E-state index contributed by atoms with van der Waals surface area (Å²) in [7, 11) is 0. The molecule has 0 unspecified atom stereocenters. The van der Waals surface area contributed by atoms with Crippen molar-refractivity contribution in [3.8, 4) is 68.2 Å². The number of hydrogen-bond acceptors (Lipinski definition) is 10. The zero-order valence-corrected chi connectivity index (χ0v) is 35.8. The summed E-state index contributed by atoms with van der Waals surface area (Å²) in [6.07, 6.45) is 4.76. The van der Waals surface area contributed by atoms with Gasteiger partial charge in [-0.2, -0.15) is 0 Å². The van der Waals surface area contributed by atoms with Crippen LogP contribution in [0.5, 0.6) is 46.0 Å². The Balaban J connectivity index is 1.27. The summed E-state index contributed by atoms with van der Waals surface area (Å²) in [5.74, 6) is 2.26. The number of carbonyl (C=O) groups is 2. The Labute approximate surface area is 354 Å². The first-order chi connectivity index (χ1) is 29.3. The molecule has 0 heterocycles. The van der Waals surface area contributed by atoms with Crippen LogP contribution in [0.15, 0.2) is 97.1 Å². The van der Waals surface area contributed by atoms with E-state index in [9.17, 15) is 9.59 Å². The zero-order valence-electron chi connectivity index (χ0n) is 35.8. The van der Waals surface area contributed by atoms with Crippen LogP contribution in [0.4, 0.5) is 0 Å². The molecular weight excluding hydrogens is 761 g/mol. The highest BCUT2D eigenvalue weighted by atomic mass is 16.6. The molecule has 318 valence electrons. The first-order valence-electron chi connectivity index (χ1n) is 21.2. The molecule has 5 aromatic rings. The van der Waals surface area contributed by atoms with Crippen LogP contribution in [0.1, 0.15) is 101 Å². The smallest absolute Gasteiger partial charge is 0.351 e. The summed E-state index contributed by atoms with van der Waals surface area (Å²) in [6, 6.07) is 29.7. The maximum absolute atomic E-state index is 13.6. The summed E-state index contributed by atoms with van der Waals surface area (Å²) >= 11 is 0. The Kier molecular flexibility index (Phi) is 17.6. The summed E-state index contributed by atoms with van der Waals surface area (Å²) in [4.78, 5) is 27.3. The minimum atomic E-state index is -0.574. The lowest BCUT2D eigenvalue weighted by atomic mass is 10.0. The topological polar surface area (TPSA) is 108 Å². The quantitative estimate of drug-likeness (QED) is 0.0441. The van der Waals surface area contributed by atoms with Crippen LogP contribution in [0.2, 0.25) is 0 Å². The van der Waals surface area contributed by atoms with E-state index in [0.717, 1.165) is 60.8 Å². The molecule has 0 atom stereocenters. The summed E-state index contributed by atoms with van der Waals surface area (Å²) in [5, 5.41) is 0. The van der Waals surface area contributed by atoms with Gasteiger partial charge in [-0.15, -0.1) is 0 Å². The maximum atomic E-state index is 13.6. The van der Waals surface area contributed by atoms with Crippen molar-refractivity contribution in [2.24, 2.45) is 0 Å². The van der Waals surface area contributed by atoms with Crippen LogP contribution in [-0.2, 0) is 0 Å². The van der Waals surface area contributed by atoms with Crippen LogP contribution in [0, 0.1) is 0 Å². The normalized spacial score (nSPS) is 10.8. The van der Waals surface area contributed by atoms with Crippen molar-refractivity contribution >= 4 is 11.9 Å². The Morgan fingerprint density at radius 1 is 0.333 bits per heavy atom. The van der Waals surface area contributed by atoms with Crippen molar-refractivity contribution in [2.75, 3.05) is 39.6 Å². The lowest BCUT2D eigenvalue weighted by molar-refractivity contribution is 0.0714. The van der Waals surface area contributed by atoms with Crippen molar-refractivity contribution in [3.63, 3.8) is 0 Å². The van der Waals surface area contributed by atoms with Gasteiger partial charge in [0, 0.05) is 24.3 Å². The fraction of sp³-hybridized carbons (Fsp3) is 0.360. The molecule has 0 aliphatic heterocycles. The predicted octanol–water partition coefficient (Wildman–Crippen LogP) is 12.2. The van der Waals surface area contributed by atoms with Gasteiger partial charge in [-0.25, -0.2) is 9.59 Å². The third-order valence-corrected chi connectivity index (χ3v) is 8.96. The first kappa shape index (κ1) is 44.9. The number of hydrogen-bond donors (Lipinski definition) is 0. The number of ether oxygens (including phenoxy) is 8. The second-order valence-electron chi connectivity index (χ2n) is 14.1. The highest BCUT2D eigenvalue weighted by molar-refractivity contribution is 5.98. The molecule has 0 bridgehead atoms. The van der Waals surface area contributed by atoms with E-state index in [2.05, 4.69) is 0 Å². The van der Waals surface area contributed by atoms with E-state index in [1.807, 2.05) is 90.1 Å². The molecule has 0 aliphatic carbocycles. The number of benzene rings is 5. The molecule has 10 heteroatoms. The van der Waals surface area contributed by atoms with E-state index in [1.54, 1.807) is 48.5 Å².